The summed E-state index contributed by atoms with van der Waals surface area (Å²) in [6.45, 7) is 0.431. The summed E-state index contributed by atoms with van der Waals surface area (Å²) in [6, 6.07) is 11.7. The minimum atomic E-state index is -0.312. The van der Waals surface area contributed by atoms with Crippen molar-refractivity contribution in [1.82, 2.24) is 0 Å². The number of hydrogen-bond donors (Lipinski definition) is 1. The van der Waals surface area contributed by atoms with Gasteiger partial charge in [-0.15, -0.1) is 0 Å². The Morgan fingerprint density at radius 2 is 2.10 bits per heavy atom. The van der Waals surface area contributed by atoms with Crippen LogP contribution >= 0.6 is 15.9 Å². The van der Waals surface area contributed by atoms with Gasteiger partial charge >= 0.3 is 0 Å². The first kappa shape index (κ1) is 14.4. The number of halogens is 2. The molecule has 0 atom stereocenters. The zero-order chi connectivity index (χ0) is 14.5. The summed E-state index contributed by atoms with van der Waals surface area (Å²) in [7, 11) is 1.57. The molecule has 0 unspecified atom stereocenters. The molecule has 20 heavy (non-hydrogen) atoms. The Morgan fingerprint density at radius 1 is 1.30 bits per heavy atom. The van der Waals surface area contributed by atoms with Gasteiger partial charge in [-0.25, -0.2) is 4.39 Å². The maximum absolute atomic E-state index is 13.2. The van der Waals surface area contributed by atoms with Crippen molar-refractivity contribution in [2.75, 3.05) is 12.4 Å². The lowest BCUT2D eigenvalue weighted by atomic mass is 10.1. The zero-order valence-corrected chi connectivity index (χ0v) is 12.4. The van der Waals surface area contributed by atoms with Crippen molar-refractivity contribution in [2.24, 2.45) is 0 Å². The molecule has 0 heterocycles. The summed E-state index contributed by atoms with van der Waals surface area (Å²) in [5.41, 5.74) is 2.04. The number of nitrogens with one attached hydrogen (secondary N) is 1. The number of benzene rings is 2. The van der Waals surface area contributed by atoms with Gasteiger partial charge in [-0.2, -0.15) is 5.26 Å². The van der Waals surface area contributed by atoms with Crippen LogP contribution in [0.2, 0.25) is 0 Å². The molecule has 102 valence electrons. The highest BCUT2D eigenvalue weighted by molar-refractivity contribution is 9.10. The van der Waals surface area contributed by atoms with E-state index in [1.807, 2.05) is 0 Å². The molecule has 0 aliphatic carbocycles. The molecular weight excluding hydrogens is 323 g/mol. The van der Waals surface area contributed by atoms with Crippen LogP contribution in [0.5, 0.6) is 5.75 Å². The van der Waals surface area contributed by atoms with Gasteiger partial charge in [0.1, 0.15) is 11.6 Å². The van der Waals surface area contributed by atoms with E-state index in [4.69, 9.17) is 10.00 Å². The summed E-state index contributed by atoms with van der Waals surface area (Å²) in [4.78, 5) is 0. The predicted molar refractivity (Wildman–Crippen MR) is 79.1 cm³/mol. The van der Waals surface area contributed by atoms with Crippen LogP contribution in [-0.4, -0.2) is 7.11 Å². The number of hydrogen-bond acceptors (Lipinski definition) is 3. The fourth-order valence-corrected chi connectivity index (χ4v) is 2.20. The number of anilines is 1. The van der Waals surface area contributed by atoms with Crippen molar-refractivity contribution >= 4 is 21.6 Å². The molecule has 2 aromatic rings. The average Bonchev–Trinajstić information content (AvgIpc) is 2.47. The van der Waals surface area contributed by atoms with Gasteiger partial charge in [0.05, 0.1) is 24.4 Å². The average molecular weight is 335 g/mol. The van der Waals surface area contributed by atoms with E-state index in [1.54, 1.807) is 31.4 Å². The van der Waals surface area contributed by atoms with Crippen LogP contribution in [0.15, 0.2) is 40.9 Å². The molecule has 0 radical (unpaired) electrons. The van der Waals surface area contributed by atoms with Crippen LogP contribution in [0.3, 0.4) is 0 Å². The monoisotopic (exact) mass is 334 g/mol. The fraction of sp³-hybridized carbons (Fsp3) is 0.133. The quantitative estimate of drug-likeness (QED) is 0.916. The third-order valence-electron chi connectivity index (χ3n) is 2.81. The molecule has 3 nitrogen and oxygen atoms in total. The van der Waals surface area contributed by atoms with E-state index >= 15 is 0 Å². The summed E-state index contributed by atoms with van der Waals surface area (Å²) in [6.07, 6.45) is 0. The fourth-order valence-electron chi connectivity index (χ4n) is 1.81. The van der Waals surface area contributed by atoms with Crippen LogP contribution in [0.1, 0.15) is 11.1 Å². The van der Waals surface area contributed by atoms with Gasteiger partial charge < -0.3 is 10.1 Å². The van der Waals surface area contributed by atoms with Gasteiger partial charge in [0.2, 0.25) is 0 Å². The second-order valence-corrected chi connectivity index (χ2v) is 4.97. The van der Waals surface area contributed by atoms with E-state index in [-0.39, 0.29) is 5.82 Å². The van der Waals surface area contributed by atoms with Crippen molar-refractivity contribution in [3.8, 4) is 11.8 Å². The Labute approximate surface area is 125 Å². The Balaban J connectivity index is 2.22. The summed E-state index contributed by atoms with van der Waals surface area (Å²) in [5, 5.41) is 12.0. The van der Waals surface area contributed by atoms with Crippen LogP contribution < -0.4 is 10.1 Å². The van der Waals surface area contributed by atoms with Gasteiger partial charge in [-0.05, 0) is 52.3 Å². The minimum Gasteiger partial charge on any atom is -0.496 e. The highest BCUT2D eigenvalue weighted by atomic mass is 79.9. The van der Waals surface area contributed by atoms with E-state index in [1.165, 1.54) is 12.1 Å². The molecule has 1 N–H and O–H groups in total. The highest BCUT2D eigenvalue weighted by Gasteiger charge is 2.06. The summed E-state index contributed by atoms with van der Waals surface area (Å²) in [5.74, 6) is 0.373. The Bertz CT molecular complexity index is 667. The van der Waals surface area contributed by atoms with Gasteiger partial charge in [0, 0.05) is 16.6 Å². The molecule has 2 aromatic carbocycles. The molecule has 2 rings (SSSR count). The first-order chi connectivity index (χ1) is 9.63. The van der Waals surface area contributed by atoms with E-state index < -0.39 is 0 Å². The molecule has 0 aromatic heterocycles. The maximum Gasteiger partial charge on any atom is 0.125 e. The Morgan fingerprint density at radius 3 is 2.80 bits per heavy atom. The van der Waals surface area contributed by atoms with Crippen molar-refractivity contribution in [3.05, 3.63) is 57.8 Å². The number of rotatable bonds is 4. The van der Waals surface area contributed by atoms with Gasteiger partial charge in [-0.1, -0.05) is 0 Å². The molecular formula is C15H12BrFN2O. The number of methoxy groups -OCH3 is 1. The molecule has 0 saturated carbocycles. The second-order valence-electron chi connectivity index (χ2n) is 4.12. The van der Waals surface area contributed by atoms with E-state index in [0.717, 1.165) is 10.0 Å². The van der Waals surface area contributed by atoms with Gasteiger partial charge in [0.15, 0.2) is 0 Å². The normalized spacial score (nSPS) is 9.90. The van der Waals surface area contributed by atoms with Crippen molar-refractivity contribution in [3.63, 3.8) is 0 Å². The Kier molecular flexibility index (Phi) is 4.59. The number of ether oxygens (including phenoxy) is 1. The lowest BCUT2D eigenvalue weighted by Gasteiger charge is -2.12. The molecule has 0 bridgehead atoms. The number of nitrogens with zero attached hydrogens (tertiary/aromatic N) is 1. The predicted octanol–water partition coefficient (Wildman–Crippen LogP) is 4.08. The van der Waals surface area contributed by atoms with Crippen molar-refractivity contribution in [1.29, 1.82) is 5.26 Å². The minimum absolute atomic E-state index is 0.312. The largest absolute Gasteiger partial charge is 0.496 e. The van der Waals surface area contributed by atoms with Gasteiger partial charge in [-0.3, -0.25) is 0 Å². The molecule has 0 spiro atoms. The van der Waals surface area contributed by atoms with Gasteiger partial charge in [0.25, 0.3) is 0 Å². The first-order valence-electron chi connectivity index (χ1n) is 5.90. The second kappa shape index (κ2) is 6.40. The van der Waals surface area contributed by atoms with E-state index in [0.29, 0.717) is 23.5 Å². The Hall–Kier alpha value is -2.06. The van der Waals surface area contributed by atoms with Crippen LogP contribution in [0.4, 0.5) is 10.1 Å². The summed E-state index contributed by atoms with van der Waals surface area (Å²) < 4.78 is 19.2. The van der Waals surface area contributed by atoms with Crippen LogP contribution in [-0.2, 0) is 6.54 Å². The molecule has 0 aliphatic heterocycles. The first-order valence-corrected chi connectivity index (χ1v) is 6.69. The van der Waals surface area contributed by atoms with Crippen molar-refractivity contribution in [2.45, 2.75) is 6.54 Å². The molecule has 0 aliphatic rings. The van der Waals surface area contributed by atoms with E-state index in [9.17, 15) is 4.39 Å². The van der Waals surface area contributed by atoms with E-state index in [2.05, 4.69) is 27.3 Å². The third kappa shape index (κ3) is 3.28. The topological polar surface area (TPSA) is 45.0 Å². The zero-order valence-electron chi connectivity index (χ0n) is 10.8. The molecule has 0 saturated heterocycles. The van der Waals surface area contributed by atoms with Crippen LogP contribution in [0.25, 0.3) is 0 Å². The smallest absolute Gasteiger partial charge is 0.125 e. The maximum atomic E-state index is 13.2. The SMILES string of the molecule is COc1ccc(C#N)cc1CNc1cc(F)ccc1Br. The van der Waals surface area contributed by atoms with Crippen LogP contribution in [0, 0.1) is 17.1 Å². The summed E-state index contributed by atoms with van der Waals surface area (Å²) >= 11 is 3.35. The standard InChI is InChI=1S/C15H12BrFN2O/c1-20-15-5-2-10(8-18)6-11(15)9-19-14-7-12(17)3-4-13(14)16/h2-7,19H,9H2,1H3. The van der Waals surface area contributed by atoms with Crippen molar-refractivity contribution < 1.29 is 9.13 Å². The lowest BCUT2D eigenvalue weighted by molar-refractivity contribution is 0.410. The number of nitriles is 1. The molecule has 0 amide bonds. The molecule has 5 heteroatoms. The highest BCUT2D eigenvalue weighted by Crippen LogP contribution is 2.26. The third-order valence-corrected chi connectivity index (χ3v) is 3.50. The molecule has 0 fully saturated rings. The lowest BCUT2D eigenvalue weighted by Crippen LogP contribution is -2.03.